The van der Waals surface area contributed by atoms with Gasteiger partial charge in [0.2, 0.25) is 0 Å². The normalized spacial score (nSPS) is 12.2. The highest BCUT2D eigenvalue weighted by molar-refractivity contribution is 6.07. The van der Waals surface area contributed by atoms with Gasteiger partial charge in [-0.1, -0.05) is 13.8 Å². The van der Waals surface area contributed by atoms with Crippen molar-refractivity contribution in [2.24, 2.45) is 0 Å². The van der Waals surface area contributed by atoms with Gasteiger partial charge in [-0.3, -0.25) is 9.59 Å². The molecule has 7 nitrogen and oxygen atoms in total. The second kappa shape index (κ2) is 7.29. The number of hydrogen-bond donors (Lipinski definition) is 1. The minimum absolute atomic E-state index is 0.122. The molecule has 27 heavy (non-hydrogen) atoms. The van der Waals surface area contributed by atoms with E-state index in [1.54, 1.807) is 6.07 Å². The standard InChI is InChI=1S/C20H30N4O3/c1-11(2)15-9-14(19(27)23(12(3)4)10-16(25)26)17-13(5)22-24(18(17)21-15)20(6,7)8/h9,11-12H,10H2,1-8H3,(H,25,26). The summed E-state index contributed by atoms with van der Waals surface area (Å²) in [7, 11) is 0. The van der Waals surface area contributed by atoms with Gasteiger partial charge < -0.3 is 10.0 Å². The molecule has 2 aromatic heterocycles. The fraction of sp³-hybridized carbons (Fsp3) is 0.600. The van der Waals surface area contributed by atoms with E-state index in [9.17, 15) is 14.7 Å². The van der Waals surface area contributed by atoms with Crippen LogP contribution in [-0.4, -0.2) is 49.2 Å². The summed E-state index contributed by atoms with van der Waals surface area (Å²) in [6, 6.07) is 1.55. The fourth-order valence-corrected chi connectivity index (χ4v) is 3.03. The van der Waals surface area contributed by atoms with Gasteiger partial charge in [0.1, 0.15) is 6.54 Å². The monoisotopic (exact) mass is 374 g/mol. The van der Waals surface area contributed by atoms with E-state index in [2.05, 4.69) is 5.10 Å². The Bertz CT molecular complexity index is 875. The minimum Gasteiger partial charge on any atom is -0.480 e. The van der Waals surface area contributed by atoms with Crippen LogP contribution in [0.2, 0.25) is 0 Å². The molecule has 0 saturated carbocycles. The minimum atomic E-state index is -1.03. The first-order valence-corrected chi connectivity index (χ1v) is 9.28. The number of carboxylic acid groups (broad SMARTS) is 1. The van der Waals surface area contributed by atoms with E-state index < -0.39 is 5.97 Å². The summed E-state index contributed by atoms with van der Waals surface area (Å²) < 4.78 is 1.84. The van der Waals surface area contributed by atoms with Crippen molar-refractivity contribution in [3.05, 3.63) is 23.0 Å². The number of pyridine rings is 1. The molecule has 0 bridgehead atoms. The maximum Gasteiger partial charge on any atom is 0.323 e. The Labute approximate surface area is 160 Å². The smallest absolute Gasteiger partial charge is 0.323 e. The molecule has 0 unspecified atom stereocenters. The highest BCUT2D eigenvalue weighted by Crippen LogP contribution is 2.29. The second-order valence-corrected chi connectivity index (χ2v) is 8.54. The molecule has 1 N–H and O–H groups in total. The quantitative estimate of drug-likeness (QED) is 0.864. The summed E-state index contributed by atoms with van der Waals surface area (Å²) in [5.74, 6) is -1.22. The maximum atomic E-state index is 13.3. The molecular formula is C20H30N4O3. The van der Waals surface area contributed by atoms with Gasteiger partial charge >= 0.3 is 5.97 Å². The molecule has 0 radical (unpaired) electrons. The lowest BCUT2D eigenvalue weighted by Gasteiger charge is -2.26. The first kappa shape index (κ1) is 20.9. The zero-order valence-electron chi connectivity index (χ0n) is 17.5. The van der Waals surface area contributed by atoms with Crippen molar-refractivity contribution in [1.29, 1.82) is 0 Å². The summed E-state index contributed by atoms with van der Waals surface area (Å²) in [6.07, 6.45) is 0. The predicted octanol–water partition coefficient (Wildman–Crippen LogP) is 3.55. The number of carbonyl (C=O) groups excluding carboxylic acids is 1. The average Bonchev–Trinajstić information content (AvgIpc) is 2.88. The van der Waals surface area contributed by atoms with E-state index in [0.29, 0.717) is 22.3 Å². The number of nitrogens with zero attached hydrogens (tertiary/aromatic N) is 4. The second-order valence-electron chi connectivity index (χ2n) is 8.54. The molecule has 148 valence electrons. The van der Waals surface area contributed by atoms with E-state index in [1.165, 1.54) is 4.90 Å². The molecule has 0 atom stereocenters. The van der Waals surface area contributed by atoms with E-state index >= 15 is 0 Å². The summed E-state index contributed by atoms with van der Waals surface area (Å²) in [4.78, 5) is 30.7. The Kier molecular flexibility index (Phi) is 5.63. The van der Waals surface area contributed by atoms with E-state index in [1.807, 2.05) is 60.1 Å². The Morgan fingerprint density at radius 3 is 2.26 bits per heavy atom. The third-order valence-electron chi connectivity index (χ3n) is 4.48. The van der Waals surface area contributed by atoms with E-state index in [4.69, 9.17) is 4.98 Å². The molecule has 0 aliphatic rings. The lowest BCUT2D eigenvalue weighted by atomic mass is 10.0. The molecule has 0 aliphatic carbocycles. The molecule has 1 amide bonds. The zero-order chi connectivity index (χ0) is 20.7. The van der Waals surface area contributed by atoms with Crippen LogP contribution < -0.4 is 0 Å². The van der Waals surface area contributed by atoms with Gasteiger partial charge in [-0.2, -0.15) is 5.10 Å². The molecule has 2 heterocycles. The highest BCUT2D eigenvalue weighted by atomic mass is 16.4. The van der Waals surface area contributed by atoms with Crippen LogP contribution >= 0.6 is 0 Å². The van der Waals surface area contributed by atoms with Gasteiger partial charge in [-0.25, -0.2) is 9.67 Å². The van der Waals surface area contributed by atoms with Crippen LogP contribution in [0, 0.1) is 6.92 Å². The number of fused-ring (bicyclic) bond motifs is 1. The van der Waals surface area contributed by atoms with Crippen molar-refractivity contribution in [1.82, 2.24) is 19.7 Å². The molecular weight excluding hydrogens is 344 g/mol. The van der Waals surface area contributed by atoms with Gasteiger partial charge in [0.25, 0.3) is 5.91 Å². The Morgan fingerprint density at radius 1 is 1.22 bits per heavy atom. The van der Waals surface area contributed by atoms with Gasteiger partial charge in [-0.15, -0.1) is 0 Å². The predicted molar refractivity (Wildman–Crippen MR) is 105 cm³/mol. The molecule has 0 aromatic carbocycles. The van der Waals surface area contributed by atoms with Crippen molar-refractivity contribution >= 4 is 22.9 Å². The molecule has 0 aliphatic heterocycles. The third-order valence-corrected chi connectivity index (χ3v) is 4.48. The van der Waals surface area contributed by atoms with Gasteiger partial charge in [0.05, 0.1) is 22.2 Å². The summed E-state index contributed by atoms with van der Waals surface area (Å²) >= 11 is 0. The Hall–Kier alpha value is -2.44. The Morgan fingerprint density at radius 2 is 1.81 bits per heavy atom. The van der Waals surface area contributed by atoms with Crippen LogP contribution in [0.4, 0.5) is 0 Å². The van der Waals surface area contributed by atoms with E-state index in [0.717, 1.165) is 5.69 Å². The zero-order valence-corrected chi connectivity index (χ0v) is 17.5. The summed E-state index contributed by atoms with van der Waals surface area (Å²) in [5.41, 5.74) is 2.33. The SMILES string of the molecule is Cc1nn(C(C)(C)C)c2nc(C(C)C)cc(C(=O)N(CC(=O)O)C(C)C)c12. The van der Waals surface area contributed by atoms with Gasteiger partial charge in [-0.05, 0) is 53.5 Å². The van der Waals surface area contributed by atoms with Crippen LogP contribution in [0.25, 0.3) is 11.0 Å². The van der Waals surface area contributed by atoms with Crippen molar-refractivity contribution in [3.8, 4) is 0 Å². The maximum absolute atomic E-state index is 13.3. The van der Waals surface area contributed by atoms with Crippen LogP contribution in [0.1, 0.15) is 76.1 Å². The summed E-state index contributed by atoms with van der Waals surface area (Å²) in [6.45, 7) is 15.3. The van der Waals surface area contributed by atoms with Crippen molar-refractivity contribution in [3.63, 3.8) is 0 Å². The highest BCUT2D eigenvalue weighted by Gasteiger charge is 2.28. The van der Waals surface area contributed by atoms with Crippen LogP contribution in [0.15, 0.2) is 6.07 Å². The average molecular weight is 374 g/mol. The first-order valence-electron chi connectivity index (χ1n) is 9.28. The fourth-order valence-electron chi connectivity index (χ4n) is 3.03. The molecule has 2 rings (SSSR count). The van der Waals surface area contributed by atoms with Crippen molar-refractivity contribution < 1.29 is 14.7 Å². The van der Waals surface area contributed by atoms with Gasteiger partial charge in [0, 0.05) is 11.7 Å². The number of aromatic nitrogens is 3. The third kappa shape index (κ3) is 4.12. The lowest BCUT2D eigenvalue weighted by Crippen LogP contribution is -2.40. The summed E-state index contributed by atoms with van der Waals surface area (Å²) in [5, 5.41) is 14.6. The van der Waals surface area contributed by atoms with Crippen LogP contribution in [0.5, 0.6) is 0 Å². The van der Waals surface area contributed by atoms with Crippen molar-refractivity contribution in [2.45, 2.75) is 72.9 Å². The van der Waals surface area contributed by atoms with E-state index in [-0.39, 0.29) is 30.0 Å². The topological polar surface area (TPSA) is 88.3 Å². The molecule has 0 spiro atoms. The van der Waals surface area contributed by atoms with Gasteiger partial charge in [0.15, 0.2) is 5.65 Å². The number of hydrogen-bond acceptors (Lipinski definition) is 4. The van der Waals surface area contributed by atoms with Crippen molar-refractivity contribution in [2.75, 3.05) is 6.54 Å². The van der Waals surface area contributed by atoms with Crippen LogP contribution in [-0.2, 0) is 10.3 Å². The number of rotatable bonds is 5. The Balaban J connectivity index is 2.80. The van der Waals surface area contributed by atoms with Crippen LogP contribution in [0.3, 0.4) is 0 Å². The molecule has 2 aromatic rings. The lowest BCUT2D eigenvalue weighted by molar-refractivity contribution is -0.138. The number of aliphatic carboxylic acids is 1. The first-order chi connectivity index (χ1) is 12.3. The molecule has 0 saturated heterocycles. The number of carbonyl (C=O) groups is 2. The number of amides is 1. The molecule has 0 fully saturated rings. The molecule has 7 heteroatoms. The number of carboxylic acids is 1. The largest absolute Gasteiger partial charge is 0.480 e. The number of aryl methyl sites for hydroxylation is 1.